The summed E-state index contributed by atoms with van der Waals surface area (Å²) in [5.41, 5.74) is 8.74. The Morgan fingerprint density at radius 1 is 1.00 bits per heavy atom. The van der Waals surface area contributed by atoms with E-state index in [2.05, 4.69) is 10.3 Å². The number of rotatable bonds is 7. The lowest BCUT2D eigenvalue weighted by Gasteiger charge is -2.48. The maximum absolute atomic E-state index is 12.1. The molecule has 1 fully saturated rings. The summed E-state index contributed by atoms with van der Waals surface area (Å²) in [6.07, 6.45) is 0. The highest BCUT2D eigenvalue weighted by Crippen LogP contribution is 2.39. The lowest BCUT2D eigenvalue weighted by Crippen LogP contribution is -2.75. The van der Waals surface area contributed by atoms with E-state index in [1.54, 1.807) is 22.7 Å². The van der Waals surface area contributed by atoms with Crippen LogP contribution in [0.25, 0.3) is 28.0 Å². The third-order valence-corrected chi connectivity index (χ3v) is 8.52. The fraction of sp³-hybridized carbons (Fsp3) is 0.200. The normalized spacial score (nSPS) is 14.1. The molecule has 1 aliphatic heterocycles. The molecule has 44 heavy (non-hydrogen) atoms. The number of nitrogens with zero attached hydrogens (tertiary/aromatic N) is 5. The van der Waals surface area contributed by atoms with Crippen LogP contribution in [0.4, 0.5) is 5.95 Å². The van der Waals surface area contributed by atoms with Crippen LogP contribution in [-0.4, -0.2) is 63.6 Å². The number of aromatic nitrogens is 4. The molecule has 2 aromatic heterocycles. The second kappa shape index (κ2) is 12.5. The molecular formula is C30H29Cl2N7O4S. The largest absolute Gasteiger partial charge is 0.368 e. The fourth-order valence-electron chi connectivity index (χ4n) is 4.98. The topological polar surface area (TPSA) is 156 Å². The number of carbonyl (C=O) groups is 1. The molecule has 1 aliphatic rings. The first kappa shape index (κ1) is 31.4. The van der Waals surface area contributed by atoms with Crippen molar-refractivity contribution in [1.82, 2.24) is 24.9 Å². The van der Waals surface area contributed by atoms with Gasteiger partial charge in [-0.3, -0.25) is 9.35 Å². The Bertz CT molecular complexity index is 1930. The first-order chi connectivity index (χ1) is 20.9. The van der Waals surface area contributed by atoms with E-state index in [0.717, 1.165) is 16.7 Å². The van der Waals surface area contributed by atoms with Crippen molar-refractivity contribution < 1.29 is 17.8 Å². The van der Waals surface area contributed by atoms with Crippen molar-refractivity contribution in [2.45, 2.75) is 24.3 Å². The maximum Gasteiger partial charge on any atom is 0.294 e. The number of nitrogens with two attached hydrogens (primary N) is 1. The van der Waals surface area contributed by atoms with Gasteiger partial charge in [0.2, 0.25) is 11.9 Å². The van der Waals surface area contributed by atoms with E-state index >= 15 is 0 Å². The van der Waals surface area contributed by atoms with Crippen LogP contribution in [0.1, 0.15) is 12.7 Å². The van der Waals surface area contributed by atoms with Crippen LogP contribution in [0.5, 0.6) is 0 Å². The van der Waals surface area contributed by atoms with Crippen LogP contribution in [0, 0.1) is 6.92 Å². The molecule has 228 valence electrons. The van der Waals surface area contributed by atoms with Gasteiger partial charge in [-0.2, -0.15) is 23.0 Å². The van der Waals surface area contributed by atoms with Crippen LogP contribution in [0.3, 0.4) is 0 Å². The molecule has 0 unspecified atom stereocenters. The van der Waals surface area contributed by atoms with Crippen molar-refractivity contribution in [3.63, 3.8) is 0 Å². The van der Waals surface area contributed by atoms with Gasteiger partial charge in [-0.1, -0.05) is 78.7 Å². The number of nitrogens with one attached hydrogen (secondary N) is 1. The minimum Gasteiger partial charge on any atom is -0.368 e. The molecule has 6 rings (SSSR count). The first-order valence-corrected chi connectivity index (χ1v) is 15.7. The highest BCUT2D eigenvalue weighted by Gasteiger charge is 2.49. The average molecular weight is 655 g/mol. The molecule has 0 atom stereocenters. The van der Waals surface area contributed by atoms with Crippen molar-refractivity contribution in [2.24, 2.45) is 5.73 Å². The molecule has 0 bridgehead atoms. The average Bonchev–Trinajstić information content (AvgIpc) is 3.34. The first-order valence-electron chi connectivity index (χ1n) is 13.5. The molecule has 1 amide bonds. The van der Waals surface area contributed by atoms with Gasteiger partial charge >= 0.3 is 0 Å². The standard InChI is InChI=1S/C24H23Cl2N7O.C6H6O3S/c1-3-28-24(22(27)34)12-32(13-24)23-30-14(2)29-21-19(15-8-10-16(25)11-9-15)20(31-33(21)23)17-6-4-5-7-18(17)26;7-10(8,9)6-4-2-1-3-5-6/h4-11,28H,3,12-13H2,1-2H3,(H2,27,34);1-5H,(H,7,8,9). The number of amides is 1. The molecule has 5 aromatic rings. The van der Waals surface area contributed by atoms with E-state index in [1.165, 1.54) is 12.1 Å². The van der Waals surface area contributed by atoms with Gasteiger partial charge in [0.05, 0.1) is 15.5 Å². The van der Waals surface area contributed by atoms with Crippen molar-refractivity contribution in [3.05, 3.63) is 94.7 Å². The maximum atomic E-state index is 12.1. The van der Waals surface area contributed by atoms with E-state index in [9.17, 15) is 13.2 Å². The van der Waals surface area contributed by atoms with Crippen molar-refractivity contribution in [3.8, 4) is 22.4 Å². The summed E-state index contributed by atoms with van der Waals surface area (Å²) >= 11 is 12.7. The number of carbonyl (C=O) groups excluding carboxylic acids is 1. The summed E-state index contributed by atoms with van der Waals surface area (Å²) in [5, 5.41) is 9.36. The number of hydrogen-bond acceptors (Lipinski definition) is 8. The van der Waals surface area contributed by atoms with E-state index < -0.39 is 15.7 Å². The predicted octanol–water partition coefficient (Wildman–Crippen LogP) is 4.66. The number of anilines is 1. The SMILES string of the molecule is CCNC1(C(N)=O)CN(c2nc(C)nc3c(-c4ccc(Cl)cc4)c(-c4ccccc4Cl)nn23)C1.O=S(=O)(O)c1ccccc1. The third-order valence-electron chi connectivity index (χ3n) is 7.07. The Morgan fingerprint density at radius 3 is 2.20 bits per heavy atom. The zero-order valence-electron chi connectivity index (χ0n) is 23.8. The lowest BCUT2D eigenvalue weighted by molar-refractivity contribution is -0.125. The van der Waals surface area contributed by atoms with Crippen LogP contribution >= 0.6 is 23.2 Å². The number of halogens is 2. The highest BCUT2D eigenvalue weighted by atomic mass is 35.5. The third kappa shape index (κ3) is 6.26. The summed E-state index contributed by atoms with van der Waals surface area (Å²) in [6.45, 7) is 5.19. The van der Waals surface area contributed by atoms with Gasteiger partial charge in [0.25, 0.3) is 10.1 Å². The Balaban J connectivity index is 0.000000328. The van der Waals surface area contributed by atoms with E-state index in [4.69, 9.17) is 43.6 Å². The number of aryl methyl sites for hydroxylation is 1. The summed E-state index contributed by atoms with van der Waals surface area (Å²) in [6, 6.07) is 22.5. The summed E-state index contributed by atoms with van der Waals surface area (Å²) < 4.78 is 31.0. The number of benzene rings is 3. The second-order valence-electron chi connectivity index (χ2n) is 10.1. The summed E-state index contributed by atoms with van der Waals surface area (Å²) in [7, 11) is -4.00. The van der Waals surface area contributed by atoms with Crippen molar-refractivity contribution in [1.29, 1.82) is 0 Å². The van der Waals surface area contributed by atoms with Crippen LogP contribution < -0.4 is 16.0 Å². The van der Waals surface area contributed by atoms with Gasteiger partial charge in [-0.25, -0.2) is 4.98 Å². The van der Waals surface area contributed by atoms with Crippen LogP contribution in [0.2, 0.25) is 10.0 Å². The molecule has 0 aliphatic carbocycles. The Morgan fingerprint density at radius 2 is 1.64 bits per heavy atom. The Labute approximate surface area is 264 Å². The van der Waals surface area contributed by atoms with Gasteiger partial charge in [0, 0.05) is 23.7 Å². The van der Waals surface area contributed by atoms with E-state index in [-0.39, 0.29) is 10.8 Å². The van der Waals surface area contributed by atoms with E-state index in [0.29, 0.717) is 52.8 Å². The number of hydrogen-bond donors (Lipinski definition) is 3. The number of likely N-dealkylation sites (N-methyl/N-ethyl adjacent to an activating group) is 1. The lowest BCUT2D eigenvalue weighted by atomic mass is 9.89. The van der Waals surface area contributed by atoms with Gasteiger partial charge in [-0.05, 0) is 49.4 Å². The zero-order valence-corrected chi connectivity index (χ0v) is 26.1. The number of fused-ring (bicyclic) bond motifs is 1. The molecule has 14 heteroatoms. The van der Waals surface area contributed by atoms with Crippen LogP contribution in [0.15, 0.2) is 83.8 Å². The molecule has 3 aromatic carbocycles. The Hall–Kier alpha value is -4.07. The molecule has 4 N–H and O–H groups in total. The second-order valence-corrected chi connectivity index (χ2v) is 12.4. The van der Waals surface area contributed by atoms with Crippen molar-refractivity contribution in [2.75, 3.05) is 24.5 Å². The fourth-order valence-corrected chi connectivity index (χ4v) is 5.84. The molecule has 0 saturated carbocycles. The van der Waals surface area contributed by atoms with E-state index in [1.807, 2.05) is 67.3 Å². The molecule has 0 spiro atoms. The number of primary amides is 1. The quantitative estimate of drug-likeness (QED) is 0.213. The zero-order chi connectivity index (χ0) is 31.6. The van der Waals surface area contributed by atoms with Crippen molar-refractivity contribution >= 4 is 50.8 Å². The molecule has 11 nitrogen and oxygen atoms in total. The predicted molar refractivity (Wildman–Crippen MR) is 170 cm³/mol. The Kier molecular flexibility index (Phi) is 8.91. The van der Waals surface area contributed by atoms with Gasteiger partial charge in [0.15, 0.2) is 5.65 Å². The van der Waals surface area contributed by atoms with Crippen LogP contribution in [-0.2, 0) is 14.9 Å². The van der Waals surface area contributed by atoms with Gasteiger partial charge < -0.3 is 16.0 Å². The minimum absolute atomic E-state index is 0.0741. The smallest absolute Gasteiger partial charge is 0.294 e. The van der Waals surface area contributed by atoms with Gasteiger partial charge in [-0.15, -0.1) is 0 Å². The summed E-state index contributed by atoms with van der Waals surface area (Å²) in [4.78, 5) is 23.5. The minimum atomic E-state index is -4.00. The molecule has 1 saturated heterocycles. The molecule has 3 heterocycles. The highest BCUT2D eigenvalue weighted by molar-refractivity contribution is 7.85. The van der Waals surface area contributed by atoms with Gasteiger partial charge in [0.1, 0.15) is 17.1 Å². The monoisotopic (exact) mass is 653 g/mol. The molecular weight excluding hydrogens is 625 g/mol. The molecule has 0 radical (unpaired) electrons. The summed E-state index contributed by atoms with van der Waals surface area (Å²) in [5.74, 6) is 0.792.